The highest BCUT2D eigenvalue weighted by Gasteiger charge is 2.17. The molecule has 0 radical (unpaired) electrons. The Morgan fingerprint density at radius 1 is 1.16 bits per heavy atom. The minimum Gasteiger partial charge on any atom is -0.378 e. The molecule has 1 amide bonds. The fourth-order valence-corrected chi connectivity index (χ4v) is 3.43. The molecular formula is C22H23ClN6O2. The summed E-state index contributed by atoms with van der Waals surface area (Å²) >= 11 is 6.08. The number of hydrogen-bond acceptors (Lipinski definition) is 7. The maximum Gasteiger partial charge on any atom is 0.270 e. The number of pyridine rings is 1. The molecule has 8 nitrogen and oxygen atoms in total. The molecule has 160 valence electrons. The quantitative estimate of drug-likeness (QED) is 0.609. The molecule has 1 fully saturated rings. The lowest BCUT2D eigenvalue weighted by molar-refractivity contribution is 0.0945. The molecule has 9 heteroatoms. The lowest BCUT2D eigenvalue weighted by Gasteiger charge is -2.27. The van der Waals surface area contributed by atoms with Gasteiger partial charge in [-0.2, -0.15) is 4.98 Å². The molecular weight excluding hydrogens is 416 g/mol. The lowest BCUT2D eigenvalue weighted by Crippen LogP contribution is -2.37. The number of halogens is 1. The zero-order valence-corrected chi connectivity index (χ0v) is 17.9. The van der Waals surface area contributed by atoms with Crippen LogP contribution in [-0.4, -0.2) is 47.2 Å². The van der Waals surface area contributed by atoms with Crippen molar-refractivity contribution in [3.8, 4) is 0 Å². The zero-order valence-electron chi connectivity index (χ0n) is 17.1. The Kier molecular flexibility index (Phi) is 6.59. The second-order valence-electron chi connectivity index (χ2n) is 7.13. The van der Waals surface area contributed by atoms with Gasteiger partial charge in [-0.05, 0) is 42.8 Å². The number of nitrogens with one attached hydrogen (secondary N) is 2. The molecule has 2 N–H and O–H groups in total. The number of hydrogen-bond donors (Lipinski definition) is 2. The van der Waals surface area contributed by atoms with Crippen LogP contribution >= 0.6 is 11.6 Å². The van der Waals surface area contributed by atoms with Gasteiger partial charge in [0.05, 0.1) is 25.5 Å². The molecule has 3 aromatic rings. The summed E-state index contributed by atoms with van der Waals surface area (Å²) < 4.78 is 5.44. The van der Waals surface area contributed by atoms with Gasteiger partial charge in [0.15, 0.2) is 0 Å². The number of nitrogens with zero attached hydrogens (tertiary/aromatic N) is 4. The predicted molar refractivity (Wildman–Crippen MR) is 120 cm³/mol. The van der Waals surface area contributed by atoms with Crippen molar-refractivity contribution in [3.63, 3.8) is 0 Å². The van der Waals surface area contributed by atoms with Gasteiger partial charge in [0.2, 0.25) is 5.95 Å². The normalized spacial score (nSPS) is 13.7. The summed E-state index contributed by atoms with van der Waals surface area (Å²) in [5, 5.41) is 6.90. The maximum atomic E-state index is 12.4. The molecule has 31 heavy (non-hydrogen) atoms. The van der Waals surface area contributed by atoms with Crippen molar-refractivity contribution in [1.82, 2.24) is 20.3 Å². The molecule has 1 aromatic carbocycles. The van der Waals surface area contributed by atoms with Crippen molar-refractivity contribution < 1.29 is 9.53 Å². The fraction of sp³-hybridized carbons (Fsp3) is 0.273. The van der Waals surface area contributed by atoms with Gasteiger partial charge in [-0.1, -0.05) is 17.7 Å². The molecule has 0 aliphatic carbocycles. The number of anilines is 3. The molecule has 0 atom stereocenters. The highest BCUT2D eigenvalue weighted by molar-refractivity contribution is 6.30. The standard InChI is InChI=1S/C22H23ClN6O2/c1-15-12-16(23)5-6-18(15)27-20-13-17(14-25-21(30)19-4-2-3-7-24-19)26-22(28-20)29-8-10-31-11-9-29/h2-7,12-13H,8-11,14H2,1H3,(H,25,30)(H,26,27,28). The van der Waals surface area contributed by atoms with E-state index < -0.39 is 0 Å². The monoisotopic (exact) mass is 438 g/mol. The van der Waals surface area contributed by atoms with Crippen LogP contribution in [0, 0.1) is 6.92 Å². The van der Waals surface area contributed by atoms with E-state index >= 15 is 0 Å². The average Bonchev–Trinajstić information content (AvgIpc) is 2.80. The summed E-state index contributed by atoms with van der Waals surface area (Å²) in [6.07, 6.45) is 1.59. The van der Waals surface area contributed by atoms with Gasteiger partial charge in [0, 0.05) is 36.1 Å². The van der Waals surface area contributed by atoms with Crippen LogP contribution in [0.1, 0.15) is 21.7 Å². The zero-order chi connectivity index (χ0) is 21.6. The van der Waals surface area contributed by atoms with Gasteiger partial charge >= 0.3 is 0 Å². The molecule has 1 saturated heterocycles. The molecule has 2 aromatic heterocycles. The van der Waals surface area contributed by atoms with E-state index in [4.69, 9.17) is 21.3 Å². The third-order valence-corrected chi connectivity index (χ3v) is 5.08. The number of rotatable bonds is 6. The first kappa shape index (κ1) is 21.0. The molecule has 3 heterocycles. The van der Waals surface area contributed by atoms with Gasteiger partial charge in [-0.25, -0.2) is 4.98 Å². The van der Waals surface area contributed by atoms with Gasteiger partial charge < -0.3 is 20.3 Å². The number of ether oxygens (including phenoxy) is 1. The second kappa shape index (κ2) is 9.72. The van der Waals surface area contributed by atoms with Crippen LogP contribution in [0.2, 0.25) is 5.02 Å². The third-order valence-electron chi connectivity index (χ3n) is 4.84. The summed E-state index contributed by atoms with van der Waals surface area (Å²) in [5.41, 5.74) is 2.96. The van der Waals surface area contributed by atoms with Crippen molar-refractivity contribution in [2.24, 2.45) is 0 Å². The minimum absolute atomic E-state index is 0.254. The molecule has 4 rings (SSSR count). The Labute approximate surface area is 185 Å². The van der Waals surface area contributed by atoms with Gasteiger partial charge in [0.1, 0.15) is 11.5 Å². The van der Waals surface area contributed by atoms with Crippen molar-refractivity contribution in [2.45, 2.75) is 13.5 Å². The van der Waals surface area contributed by atoms with E-state index in [9.17, 15) is 4.79 Å². The summed E-state index contributed by atoms with van der Waals surface area (Å²) in [6.45, 7) is 4.91. The first-order chi connectivity index (χ1) is 15.1. The molecule has 0 unspecified atom stereocenters. The number of carbonyl (C=O) groups excluding carboxylic acids is 1. The summed E-state index contributed by atoms with van der Waals surface area (Å²) in [6, 6.07) is 12.7. The number of aryl methyl sites for hydroxylation is 1. The van der Waals surface area contributed by atoms with Crippen molar-refractivity contribution >= 4 is 35.0 Å². The number of benzene rings is 1. The molecule has 0 spiro atoms. The Balaban J connectivity index is 1.57. The van der Waals surface area contributed by atoms with Crippen LogP contribution < -0.4 is 15.5 Å². The number of amides is 1. The Morgan fingerprint density at radius 2 is 2.00 bits per heavy atom. The van der Waals surface area contributed by atoms with Crippen LogP contribution in [0.5, 0.6) is 0 Å². The van der Waals surface area contributed by atoms with E-state index in [1.54, 1.807) is 24.4 Å². The van der Waals surface area contributed by atoms with E-state index in [1.807, 2.05) is 31.2 Å². The second-order valence-corrected chi connectivity index (χ2v) is 7.56. The van der Waals surface area contributed by atoms with Crippen LogP contribution in [0.4, 0.5) is 17.5 Å². The largest absolute Gasteiger partial charge is 0.378 e. The van der Waals surface area contributed by atoms with Gasteiger partial charge in [0.25, 0.3) is 5.91 Å². The van der Waals surface area contributed by atoms with E-state index in [0.29, 0.717) is 54.5 Å². The highest BCUT2D eigenvalue weighted by Crippen LogP contribution is 2.24. The first-order valence-electron chi connectivity index (χ1n) is 10.0. The SMILES string of the molecule is Cc1cc(Cl)ccc1Nc1cc(CNC(=O)c2ccccn2)nc(N2CCOCC2)n1. The number of carbonyl (C=O) groups is 1. The molecule has 0 bridgehead atoms. The highest BCUT2D eigenvalue weighted by atomic mass is 35.5. The van der Waals surface area contributed by atoms with Crippen molar-refractivity contribution in [2.75, 3.05) is 36.5 Å². The third kappa shape index (κ3) is 5.48. The molecule has 0 saturated carbocycles. The Bertz CT molecular complexity index is 1060. The van der Waals surface area contributed by atoms with Gasteiger partial charge in [-0.3, -0.25) is 9.78 Å². The number of morpholine rings is 1. The van der Waals surface area contributed by atoms with Crippen LogP contribution in [0.3, 0.4) is 0 Å². The maximum absolute atomic E-state index is 12.4. The first-order valence-corrected chi connectivity index (χ1v) is 10.4. The van der Waals surface area contributed by atoms with E-state index in [0.717, 1.165) is 11.3 Å². The summed E-state index contributed by atoms with van der Waals surface area (Å²) in [4.78, 5) is 27.9. The van der Waals surface area contributed by atoms with Crippen molar-refractivity contribution in [3.05, 3.63) is 70.6 Å². The molecule has 1 aliphatic rings. The van der Waals surface area contributed by atoms with E-state index in [2.05, 4.69) is 25.5 Å². The van der Waals surface area contributed by atoms with E-state index in [-0.39, 0.29) is 12.5 Å². The number of aromatic nitrogens is 3. The van der Waals surface area contributed by atoms with Crippen molar-refractivity contribution in [1.29, 1.82) is 0 Å². The fourth-order valence-electron chi connectivity index (χ4n) is 3.21. The lowest BCUT2D eigenvalue weighted by atomic mass is 10.2. The Morgan fingerprint density at radius 3 is 2.74 bits per heavy atom. The smallest absolute Gasteiger partial charge is 0.270 e. The Hall–Kier alpha value is -3.23. The van der Waals surface area contributed by atoms with Crippen LogP contribution in [0.25, 0.3) is 0 Å². The van der Waals surface area contributed by atoms with E-state index in [1.165, 1.54) is 0 Å². The van der Waals surface area contributed by atoms with Crippen LogP contribution in [-0.2, 0) is 11.3 Å². The van der Waals surface area contributed by atoms with Gasteiger partial charge in [-0.15, -0.1) is 0 Å². The topological polar surface area (TPSA) is 92.3 Å². The average molecular weight is 439 g/mol. The summed E-state index contributed by atoms with van der Waals surface area (Å²) in [7, 11) is 0. The van der Waals surface area contributed by atoms with Crippen LogP contribution in [0.15, 0.2) is 48.7 Å². The minimum atomic E-state index is -0.254. The predicted octanol–water partition coefficient (Wildman–Crippen LogP) is 3.34. The summed E-state index contributed by atoms with van der Waals surface area (Å²) in [5.74, 6) is 0.987. The molecule has 1 aliphatic heterocycles.